The number of thioether (sulfide) groups is 1. The van der Waals surface area contributed by atoms with Gasteiger partial charge in [-0.05, 0) is 59.9 Å². The van der Waals surface area contributed by atoms with Crippen molar-refractivity contribution in [2.45, 2.75) is 13.0 Å². The fourth-order valence-corrected chi connectivity index (χ4v) is 3.32. The predicted molar refractivity (Wildman–Crippen MR) is 116 cm³/mol. The Morgan fingerprint density at radius 2 is 2.00 bits per heavy atom. The van der Waals surface area contributed by atoms with Crippen molar-refractivity contribution in [3.63, 3.8) is 0 Å². The molecule has 30 heavy (non-hydrogen) atoms. The number of carbonyl (C=O) groups is 1. The van der Waals surface area contributed by atoms with Crippen molar-refractivity contribution in [3.8, 4) is 17.0 Å². The van der Waals surface area contributed by atoms with Crippen LogP contribution < -0.4 is 16.0 Å². The van der Waals surface area contributed by atoms with Gasteiger partial charge in [0.2, 0.25) is 0 Å². The fraction of sp³-hybridized carbons (Fsp3) is 0.136. The second-order valence-electron chi connectivity index (χ2n) is 6.29. The van der Waals surface area contributed by atoms with E-state index in [-0.39, 0.29) is 12.2 Å². The van der Waals surface area contributed by atoms with Gasteiger partial charge in [0.25, 0.3) is 11.5 Å². The van der Waals surface area contributed by atoms with Crippen LogP contribution in [0, 0.1) is 5.82 Å². The van der Waals surface area contributed by atoms with Gasteiger partial charge in [-0.2, -0.15) is 0 Å². The van der Waals surface area contributed by atoms with E-state index in [2.05, 4.69) is 21.5 Å². The number of nitrogens with zero attached hydrogens (tertiary/aromatic N) is 1. The average Bonchev–Trinajstić information content (AvgIpc) is 3.33. The lowest BCUT2D eigenvalue weighted by molar-refractivity contribution is 0.0999. The van der Waals surface area contributed by atoms with Crippen LogP contribution in [0.1, 0.15) is 22.3 Å². The molecule has 0 bridgehead atoms. The summed E-state index contributed by atoms with van der Waals surface area (Å²) in [6.07, 6.45) is 6.77. The molecule has 0 aliphatic carbocycles. The number of aromatic amines is 1. The Bertz CT molecular complexity index is 1090. The maximum atomic E-state index is 13.7. The molecule has 0 spiro atoms. The third-order valence-electron chi connectivity index (χ3n) is 4.15. The monoisotopic (exact) mass is 425 g/mol. The number of ether oxygens (including phenoxy) is 1. The van der Waals surface area contributed by atoms with Crippen LogP contribution in [0.2, 0.25) is 0 Å². The first-order chi connectivity index (χ1) is 14.5. The minimum Gasteiger partial charge on any atom is -0.488 e. The van der Waals surface area contributed by atoms with Crippen molar-refractivity contribution in [1.29, 1.82) is 0 Å². The molecule has 1 amide bonds. The first-order valence-corrected chi connectivity index (χ1v) is 10.2. The van der Waals surface area contributed by atoms with Gasteiger partial charge in [-0.1, -0.05) is 6.08 Å². The molecule has 1 aliphatic rings. The molecule has 0 fully saturated rings. The number of carbonyl (C=O) groups excluding carboxylic acids is 1. The summed E-state index contributed by atoms with van der Waals surface area (Å²) in [7, 11) is 0. The van der Waals surface area contributed by atoms with E-state index in [9.17, 15) is 14.0 Å². The molecule has 8 heteroatoms. The van der Waals surface area contributed by atoms with Crippen LogP contribution in [0.25, 0.3) is 11.3 Å². The van der Waals surface area contributed by atoms with Crippen LogP contribution >= 0.6 is 11.8 Å². The van der Waals surface area contributed by atoms with E-state index in [1.165, 1.54) is 42.5 Å². The molecular weight excluding hydrogens is 405 g/mol. The Labute approximate surface area is 177 Å². The number of benzene rings is 1. The Morgan fingerprint density at radius 1 is 1.20 bits per heavy atom. The van der Waals surface area contributed by atoms with Crippen molar-refractivity contribution in [2.24, 2.45) is 5.73 Å². The standard InChI is InChI=1S/C18H14FN3O3.C4H6S/c19-12-1-4-16(25-10-11-5-7-21-8-6-11)14(9-12)15-3-2-13(17(20)23)18(24)22-15;1-2-4-5-3-1/h1-9H,10H2,(H2,20,23)(H,22,24);1,3H,2,4H2. The third kappa shape index (κ3) is 5.81. The zero-order chi connectivity index (χ0) is 21.3. The summed E-state index contributed by atoms with van der Waals surface area (Å²) in [5, 5.41) is 2.15. The first kappa shape index (κ1) is 21.3. The topological polar surface area (TPSA) is 98.1 Å². The normalized spacial score (nSPS) is 12.2. The molecular formula is C22H20FN3O3S. The molecule has 0 saturated carbocycles. The molecule has 1 aliphatic heterocycles. The summed E-state index contributed by atoms with van der Waals surface area (Å²) >= 11 is 1.89. The molecule has 1 aromatic carbocycles. The zero-order valence-corrected chi connectivity index (χ0v) is 16.8. The largest absolute Gasteiger partial charge is 0.488 e. The van der Waals surface area contributed by atoms with Gasteiger partial charge in [-0.25, -0.2) is 4.39 Å². The van der Waals surface area contributed by atoms with Crippen LogP contribution in [0.15, 0.2) is 71.1 Å². The Hall–Kier alpha value is -3.39. The number of nitrogens with one attached hydrogen (secondary N) is 1. The number of nitrogens with two attached hydrogens (primary N) is 1. The molecule has 154 valence electrons. The Kier molecular flexibility index (Phi) is 7.40. The number of H-pyrrole nitrogens is 1. The van der Waals surface area contributed by atoms with Gasteiger partial charge < -0.3 is 15.5 Å². The second kappa shape index (κ2) is 10.4. The molecule has 3 heterocycles. The lowest BCUT2D eigenvalue weighted by Crippen LogP contribution is -2.23. The highest BCUT2D eigenvalue weighted by Gasteiger charge is 2.12. The fourth-order valence-electron chi connectivity index (χ4n) is 2.64. The molecule has 3 N–H and O–H groups in total. The molecule has 6 nitrogen and oxygen atoms in total. The molecule has 4 rings (SSSR count). The molecule has 0 radical (unpaired) electrons. The van der Waals surface area contributed by atoms with Crippen molar-refractivity contribution >= 4 is 17.7 Å². The minimum atomic E-state index is -0.832. The predicted octanol–water partition coefficient (Wildman–Crippen LogP) is 3.89. The number of amides is 1. The van der Waals surface area contributed by atoms with Crippen LogP contribution in [0.3, 0.4) is 0 Å². The number of allylic oxidation sites excluding steroid dienone is 1. The van der Waals surface area contributed by atoms with Crippen molar-refractivity contribution in [2.75, 3.05) is 5.75 Å². The Morgan fingerprint density at radius 3 is 2.60 bits per heavy atom. The van der Waals surface area contributed by atoms with Crippen molar-refractivity contribution in [1.82, 2.24) is 9.97 Å². The van der Waals surface area contributed by atoms with Crippen molar-refractivity contribution < 1.29 is 13.9 Å². The number of rotatable bonds is 5. The highest BCUT2D eigenvalue weighted by molar-refractivity contribution is 8.02. The van der Waals surface area contributed by atoms with Gasteiger partial charge in [0.1, 0.15) is 23.7 Å². The highest BCUT2D eigenvalue weighted by atomic mass is 32.2. The maximum Gasteiger partial charge on any atom is 0.261 e. The second-order valence-corrected chi connectivity index (χ2v) is 7.31. The molecule has 0 atom stereocenters. The van der Waals surface area contributed by atoms with E-state index in [0.29, 0.717) is 17.0 Å². The van der Waals surface area contributed by atoms with Crippen molar-refractivity contribution in [3.05, 3.63) is 93.6 Å². The number of hydrogen-bond acceptors (Lipinski definition) is 5. The summed E-state index contributed by atoms with van der Waals surface area (Å²) in [6, 6.07) is 10.4. The minimum absolute atomic E-state index is 0.167. The smallest absolute Gasteiger partial charge is 0.261 e. The summed E-state index contributed by atoms with van der Waals surface area (Å²) in [4.78, 5) is 29.5. The zero-order valence-electron chi connectivity index (χ0n) is 16.0. The Balaban J connectivity index is 0.000000448. The lowest BCUT2D eigenvalue weighted by Gasteiger charge is -2.12. The number of primary amides is 1. The van der Waals surface area contributed by atoms with E-state index in [1.807, 2.05) is 11.8 Å². The van der Waals surface area contributed by atoms with E-state index >= 15 is 0 Å². The lowest BCUT2D eigenvalue weighted by atomic mass is 10.1. The van der Waals surface area contributed by atoms with Gasteiger partial charge in [-0.3, -0.25) is 14.6 Å². The molecule has 3 aromatic rings. The summed E-state index contributed by atoms with van der Waals surface area (Å²) in [5.41, 5.74) is 5.88. The van der Waals surface area contributed by atoms with Gasteiger partial charge in [0.15, 0.2) is 0 Å². The third-order valence-corrected chi connectivity index (χ3v) is 5.00. The SMILES string of the molecule is C1=CSCC1.NC(=O)c1ccc(-c2cc(F)ccc2OCc2ccncc2)[nH]c1=O. The highest BCUT2D eigenvalue weighted by Crippen LogP contribution is 2.29. The van der Waals surface area contributed by atoms with Gasteiger partial charge in [-0.15, -0.1) is 11.8 Å². The van der Waals surface area contributed by atoms with E-state index in [0.717, 1.165) is 5.56 Å². The number of aromatic nitrogens is 2. The quantitative estimate of drug-likeness (QED) is 0.646. The summed E-state index contributed by atoms with van der Waals surface area (Å²) in [5.74, 6) is 0.382. The van der Waals surface area contributed by atoms with Crippen LogP contribution in [-0.4, -0.2) is 21.6 Å². The van der Waals surface area contributed by atoms with Gasteiger partial charge in [0, 0.05) is 23.7 Å². The number of pyridine rings is 2. The molecule has 0 saturated heterocycles. The van der Waals surface area contributed by atoms with E-state index in [1.54, 1.807) is 24.5 Å². The molecule has 2 aromatic heterocycles. The number of hydrogen-bond donors (Lipinski definition) is 2. The number of halogens is 1. The van der Waals surface area contributed by atoms with Crippen LogP contribution in [0.5, 0.6) is 5.75 Å². The summed E-state index contributed by atoms with van der Waals surface area (Å²) in [6.45, 7) is 0.255. The van der Waals surface area contributed by atoms with E-state index in [4.69, 9.17) is 10.5 Å². The van der Waals surface area contributed by atoms with Crippen LogP contribution in [-0.2, 0) is 6.61 Å². The average molecular weight is 425 g/mol. The van der Waals surface area contributed by atoms with Gasteiger partial charge in [0.05, 0.1) is 5.69 Å². The maximum absolute atomic E-state index is 13.7. The van der Waals surface area contributed by atoms with E-state index < -0.39 is 17.3 Å². The molecule has 0 unspecified atom stereocenters. The van der Waals surface area contributed by atoms with Crippen LogP contribution in [0.4, 0.5) is 4.39 Å². The van der Waals surface area contributed by atoms with Gasteiger partial charge >= 0.3 is 0 Å². The summed E-state index contributed by atoms with van der Waals surface area (Å²) < 4.78 is 19.4. The first-order valence-electron chi connectivity index (χ1n) is 9.16.